The molecule has 0 spiro atoms. The molecule has 7 heteroatoms. The van der Waals surface area contributed by atoms with Gasteiger partial charge in [-0.15, -0.1) is 0 Å². The average molecular weight is 307 g/mol. The molecule has 0 saturated carbocycles. The van der Waals surface area contributed by atoms with Crippen molar-refractivity contribution in [1.29, 1.82) is 0 Å². The third-order valence-corrected chi connectivity index (χ3v) is 3.43. The lowest BCUT2D eigenvalue weighted by Crippen LogP contribution is -2.45. The van der Waals surface area contributed by atoms with E-state index in [9.17, 15) is 9.59 Å². The lowest BCUT2D eigenvalue weighted by molar-refractivity contribution is -0.119. The normalized spacial score (nSPS) is 17.6. The summed E-state index contributed by atoms with van der Waals surface area (Å²) in [7, 11) is 1.47. The van der Waals surface area contributed by atoms with Crippen LogP contribution in [0.1, 0.15) is 23.2 Å². The van der Waals surface area contributed by atoms with Crippen LogP contribution in [0.5, 0.6) is 11.5 Å². The Hall–Kier alpha value is -2.28. The Morgan fingerprint density at radius 2 is 2.23 bits per heavy atom. The van der Waals surface area contributed by atoms with E-state index in [1.165, 1.54) is 7.11 Å². The van der Waals surface area contributed by atoms with E-state index in [0.29, 0.717) is 17.1 Å². The molecular weight excluding hydrogens is 286 g/mol. The monoisotopic (exact) mass is 307 g/mol. The van der Waals surface area contributed by atoms with Crippen LogP contribution < -0.4 is 25.8 Å². The number of hydrogen-bond acceptors (Lipinski definition) is 5. The number of rotatable bonds is 6. The van der Waals surface area contributed by atoms with Gasteiger partial charge in [-0.05, 0) is 37.6 Å². The Kier molecular flexibility index (Phi) is 5.60. The van der Waals surface area contributed by atoms with E-state index in [1.807, 2.05) is 0 Å². The topological polar surface area (TPSA) is 103 Å². The van der Waals surface area contributed by atoms with Crippen molar-refractivity contribution < 1.29 is 19.1 Å². The van der Waals surface area contributed by atoms with E-state index >= 15 is 0 Å². The summed E-state index contributed by atoms with van der Waals surface area (Å²) in [6.45, 7) is 1.53. The number of hydrogen-bond donors (Lipinski definition) is 3. The van der Waals surface area contributed by atoms with E-state index in [0.717, 1.165) is 25.9 Å². The van der Waals surface area contributed by atoms with Gasteiger partial charge in [-0.25, -0.2) is 0 Å². The van der Waals surface area contributed by atoms with Gasteiger partial charge in [0, 0.05) is 18.2 Å². The molecule has 4 N–H and O–H groups in total. The highest BCUT2D eigenvalue weighted by Gasteiger charge is 2.17. The second-order valence-electron chi connectivity index (χ2n) is 5.14. The highest BCUT2D eigenvalue weighted by atomic mass is 16.5. The van der Waals surface area contributed by atoms with Crippen molar-refractivity contribution in [2.75, 3.05) is 26.8 Å². The van der Waals surface area contributed by atoms with Crippen molar-refractivity contribution in [2.24, 2.45) is 5.73 Å². The summed E-state index contributed by atoms with van der Waals surface area (Å²) in [6, 6.07) is 4.94. The molecule has 0 bridgehead atoms. The molecule has 1 heterocycles. The smallest absolute Gasteiger partial charge is 0.255 e. The molecule has 1 aromatic rings. The molecule has 1 saturated heterocycles. The summed E-state index contributed by atoms with van der Waals surface area (Å²) >= 11 is 0. The standard InChI is InChI=1S/C15H21N3O4/c1-21-13-7-10(4-5-12(13)22-9-14(16)19)15(20)18-11-3-2-6-17-8-11/h4-5,7,11,17H,2-3,6,8-9H2,1H3,(H2,16,19)(H,18,20). The molecule has 0 aliphatic carbocycles. The van der Waals surface area contributed by atoms with E-state index in [2.05, 4.69) is 10.6 Å². The molecule has 1 aromatic carbocycles. The minimum atomic E-state index is -0.575. The van der Waals surface area contributed by atoms with E-state index in [4.69, 9.17) is 15.2 Å². The summed E-state index contributed by atoms with van der Waals surface area (Å²) in [6.07, 6.45) is 2.02. The number of piperidine rings is 1. The minimum Gasteiger partial charge on any atom is -0.493 e. The predicted molar refractivity (Wildman–Crippen MR) is 81.0 cm³/mol. The van der Waals surface area contributed by atoms with Gasteiger partial charge >= 0.3 is 0 Å². The number of nitrogens with one attached hydrogen (secondary N) is 2. The van der Waals surface area contributed by atoms with Gasteiger partial charge in [-0.3, -0.25) is 9.59 Å². The van der Waals surface area contributed by atoms with Crippen LogP contribution in [0.4, 0.5) is 0 Å². The maximum Gasteiger partial charge on any atom is 0.255 e. The van der Waals surface area contributed by atoms with E-state index < -0.39 is 5.91 Å². The van der Waals surface area contributed by atoms with E-state index in [-0.39, 0.29) is 18.6 Å². The molecule has 1 atom stereocenters. The highest BCUT2D eigenvalue weighted by molar-refractivity contribution is 5.95. The summed E-state index contributed by atoms with van der Waals surface area (Å²) in [5.74, 6) is 0.0231. The lowest BCUT2D eigenvalue weighted by atomic mass is 10.1. The summed E-state index contributed by atoms with van der Waals surface area (Å²) in [4.78, 5) is 23.0. The number of benzene rings is 1. The first-order chi connectivity index (χ1) is 10.6. The molecule has 0 radical (unpaired) electrons. The fraction of sp³-hybridized carbons (Fsp3) is 0.467. The SMILES string of the molecule is COc1cc(C(=O)NC2CCCNC2)ccc1OCC(N)=O. The van der Waals surface area contributed by atoms with Crippen LogP contribution in [0.25, 0.3) is 0 Å². The lowest BCUT2D eigenvalue weighted by Gasteiger charge is -2.24. The first-order valence-corrected chi connectivity index (χ1v) is 7.21. The first-order valence-electron chi connectivity index (χ1n) is 7.21. The van der Waals surface area contributed by atoms with Gasteiger partial charge < -0.3 is 25.8 Å². The third-order valence-electron chi connectivity index (χ3n) is 3.43. The van der Waals surface area contributed by atoms with E-state index in [1.54, 1.807) is 18.2 Å². The van der Waals surface area contributed by atoms with Gasteiger partial charge in [0.05, 0.1) is 7.11 Å². The molecule has 1 fully saturated rings. The molecule has 2 amide bonds. The molecule has 1 unspecified atom stereocenters. The molecule has 1 aliphatic heterocycles. The molecule has 1 aliphatic rings. The van der Waals surface area contributed by atoms with Gasteiger partial charge in [0.1, 0.15) is 0 Å². The van der Waals surface area contributed by atoms with Crippen LogP contribution in [0.15, 0.2) is 18.2 Å². The Morgan fingerprint density at radius 3 is 2.86 bits per heavy atom. The number of amides is 2. The van der Waals surface area contributed by atoms with Crippen LogP contribution >= 0.6 is 0 Å². The zero-order valence-electron chi connectivity index (χ0n) is 12.6. The quantitative estimate of drug-likeness (QED) is 0.688. The molecule has 7 nitrogen and oxygen atoms in total. The third kappa shape index (κ3) is 4.36. The Bertz CT molecular complexity index is 542. The molecule has 2 rings (SSSR count). The number of ether oxygens (including phenoxy) is 2. The van der Waals surface area contributed by atoms with Crippen molar-refractivity contribution >= 4 is 11.8 Å². The van der Waals surface area contributed by atoms with Crippen molar-refractivity contribution in [2.45, 2.75) is 18.9 Å². The number of carbonyl (C=O) groups excluding carboxylic acids is 2. The van der Waals surface area contributed by atoms with Crippen LogP contribution in [0.2, 0.25) is 0 Å². The number of methoxy groups -OCH3 is 1. The van der Waals surface area contributed by atoms with Gasteiger partial charge in [0.2, 0.25) is 0 Å². The van der Waals surface area contributed by atoms with Crippen LogP contribution in [-0.4, -0.2) is 44.7 Å². The molecule has 120 valence electrons. The average Bonchev–Trinajstić information content (AvgIpc) is 2.53. The highest BCUT2D eigenvalue weighted by Crippen LogP contribution is 2.28. The summed E-state index contributed by atoms with van der Waals surface area (Å²) in [5.41, 5.74) is 5.52. The predicted octanol–water partition coefficient (Wildman–Crippen LogP) is 0.0411. The number of primary amides is 1. The Morgan fingerprint density at radius 1 is 1.41 bits per heavy atom. The number of carbonyl (C=O) groups is 2. The second kappa shape index (κ2) is 7.65. The molecule has 0 aromatic heterocycles. The van der Waals surface area contributed by atoms with Crippen LogP contribution in [-0.2, 0) is 4.79 Å². The first kappa shape index (κ1) is 16.1. The van der Waals surface area contributed by atoms with Crippen LogP contribution in [0.3, 0.4) is 0 Å². The maximum absolute atomic E-state index is 12.2. The Labute approximate surface area is 129 Å². The van der Waals surface area contributed by atoms with Gasteiger partial charge in [0.25, 0.3) is 11.8 Å². The van der Waals surface area contributed by atoms with Crippen molar-refractivity contribution in [1.82, 2.24) is 10.6 Å². The van der Waals surface area contributed by atoms with Gasteiger partial charge in [-0.1, -0.05) is 0 Å². The van der Waals surface area contributed by atoms with Gasteiger partial charge in [-0.2, -0.15) is 0 Å². The number of nitrogens with two attached hydrogens (primary N) is 1. The zero-order valence-corrected chi connectivity index (χ0v) is 12.6. The molecular formula is C15H21N3O4. The van der Waals surface area contributed by atoms with Crippen LogP contribution in [0, 0.1) is 0 Å². The second-order valence-corrected chi connectivity index (χ2v) is 5.14. The molecule has 22 heavy (non-hydrogen) atoms. The fourth-order valence-corrected chi connectivity index (χ4v) is 2.32. The van der Waals surface area contributed by atoms with Gasteiger partial charge in [0.15, 0.2) is 18.1 Å². The fourth-order valence-electron chi connectivity index (χ4n) is 2.32. The maximum atomic E-state index is 12.2. The largest absolute Gasteiger partial charge is 0.493 e. The van der Waals surface area contributed by atoms with Crippen molar-refractivity contribution in [3.05, 3.63) is 23.8 Å². The van der Waals surface area contributed by atoms with Crippen molar-refractivity contribution in [3.8, 4) is 11.5 Å². The summed E-state index contributed by atoms with van der Waals surface area (Å²) < 4.78 is 10.4. The zero-order chi connectivity index (χ0) is 15.9. The Balaban J connectivity index is 2.04. The minimum absolute atomic E-state index is 0.137. The van der Waals surface area contributed by atoms with Crippen molar-refractivity contribution in [3.63, 3.8) is 0 Å². The summed E-state index contributed by atoms with van der Waals surface area (Å²) in [5, 5.41) is 6.23.